The summed E-state index contributed by atoms with van der Waals surface area (Å²) in [6.45, 7) is 0.166. The lowest BCUT2D eigenvalue weighted by Gasteiger charge is -2.26. The van der Waals surface area contributed by atoms with E-state index in [1.807, 2.05) is 0 Å². The van der Waals surface area contributed by atoms with Gasteiger partial charge in [-0.3, -0.25) is 9.59 Å². The molecule has 1 rings (SSSR count). The van der Waals surface area contributed by atoms with Crippen molar-refractivity contribution in [2.24, 2.45) is 0 Å². The van der Waals surface area contributed by atoms with Crippen molar-refractivity contribution in [3.63, 3.8) is 0 Å². The number of aliphatic hydroxyl groups is 2. The number of carbonyl (C=O) groups excluding carboxylic acids is 2. The molecule has 20 heavy (non-hydrogen) atoms. The van der Waals surface area contributed by atoms with E-state index in [1.165, 1.54) is 25.1 Å². The second-order valence-corrected chi connectivity index (χ2v) is 4.59. The Bertz CT molecular complexity index is 489. The van der Waals surface area contributed by atoms with E-state index in [2.05, 4.69) is 10.6 Å². The average Bonchev–Trinajstić information content (AvgIpc) is 2.45. The molecular formula is C13H17FN2O4. The van der Waals surface area contributed by atoms with Crippen LogP contribution in [0.5, 0.6) is 0 Å². The summed E-state index contributed by atoms with van der Waals surface area (Å²) in [5, 5.41) is 22.7. The number of hydrogen-bond acceptors (Lipinski definition) is 4. The van der Waals surface area contributed by atoms with E-state index in [-0.39, 0.29) is 12.1 Å². The smallest absolute Gasteiger partial charge is 0.254 e. The third kappa shape index (κ3) is 4.29. The summed E-state index contributed by atoms with van der Waals surface area (Å²) in [6, 6.07) is 5.40. The van der Waals surface area contributed by atoms with Crippen LogP contribution < -0.4 is 10.6 Å². The quantitative estimate of drug-likeness (QED) is 0.561. The average molecular weight is 284 g/mol. The first-order valence-electron chi connectivity index (χ1n) is 5.97. The highest BCUT2D eigenvalue weighted by atomic mass is 19.1. The zero-order valence-corrected chi connectivity index (χ0v) is 11.0. The van der Waals surface area contributed by atoms with Crippen LogP contribution in [0.1, 0.15) is 17.3 Å². The van der Waals surface area contributed by atoms with Crippen molar-refractivity contribution in [3.05, 3.63) is 35.6 Å². The number of carbonyl (C=O) groups is 2. The minimum atomic E-state index is -1.17. The summed E-state index contributed by atoms with van der Waals surface area (Å²) >= 11 is 0. The molecule has 4 N–H and O–H groups in total. The van der Waals surface area contributed by atoms with Crippen LogP contribution in [0, 0.1) is 5.82 Å². The number of halogens is 1. The van der Waals surface area contributed by atoms with Gasteiger partial charge in [0.05, 0.1) is 30.9 Å². The zero-order chi connectivity index (χ0) is 15.2. The molecule has 1 aromatic rings. The summed E-state index contributed by atoms with van der Waals surface area (Å²) < 4.78 is 13.3. The Morgan fingerprint density at radius 3 is 2.40 bits per heavy atom. The Hall–Kier alpha value is -1.99. The molecule has 0 saturated carbocycles. The highest BCUT2D eigenvalue weighted by molar-refractivity contribution is 5.96. The van der Waals surface area contributed by atoms with Gasteiger partial charge < -0.3 is 20.8 Å². The van der Waals surface area contributed by atoms with Gasteiger partial charge >= 0.3 is 0 Å². The lowest BCUT2D eigenvalue weighted by Crippen LogP contribution is -2.54. The summed E-state index contributed by atoms with van der Waals surface area (Å²) in [5.41, 5.74) is -1.33. The molecular weight excluding hydrogens is 267 g/mol. The molecule has 0 radical (unpaired) electrons. The summed E-state index contributed by atoms with van der Waals surface area (Å²) in [7, 11) is 0. The topological polar surface area (TPSA) is 98.7 Å². The predicted octanol–water partition coefficient (Wildman–Crippen LogP) is -0.585. The summed E-state index contributed by atoms with van der Waals surface area (Å²) in [6.07, 6.45) is 0. The van der Waals surface area contributed by atoms with Gasteiger partial charge in [0.1, 0.15) is 5.82 Å². The summed E-state index contributed by atoms with van der Waals surface area (Å²) in [5.74, 6) is -1.99. The van der Waals surface area contributed by atoms with Crippen LogP contribution in [-0.4, -0.2) is 47.3 Å². The lowest BCUT2D eigenvalue weighted by molar-refractivity contribution is -0.123. The second-order valence-electron chi connectivity index (χ2n) is 4.59. The SMILES string of the molecule is CC(CO)(CO)NC(=O)CNC(=O)c1ccccc1F. The first-order valence-corrected chi connectivity index (χ1v) is 5.97. The molecule has 0 aliphatic carbocycles. The number of rotatable bonds is 6. The fraction of sp³-hybridized carbons (Fsp3) is 0.385. The number of aliphatic hydroxyl groups excluding tert-OH is 2. The van der Waals surface area contributed by atoms with Crippen molar-refractivity contribution < 1.29 is 24.2 Å². The van der Waals surface area contributed by atoms with E-state index in [0.717, 1.165) is 6.07 Å². The molecule has 0 atom stereocenters. The van der Waals surface area contributed by atoms with E-state index in [9.17, 15) is 14.0 Å². The Kier molecular flexibility index (Phi) is 5.60. The van der Waals surface area contributed by atoms with Crippen molar-refractivity contribution >= 4 is 11.8 Å². The molecule has 0 spiro atoms. The molecule has 0 unspecified atom stereocenters. The number of nitrogens with one attached hydrogen (secondary N) is 2. The van der Waals surface area contributed by atoms with Crippen LogP contribution >= 0.6 is 0 Å². The standard InChI is InChI=1S/C13H17FN2O4/c1-13(7-17,8-18)16-11(19)6-15-12(20)9-4-2-3-5-10(9)14/h2-5,17-18H,6-8H2,1H3,(H,15,20)(H,16,19). The van der Waals surface area contributed by atoms with E-state index in [1.54, 1.807) is 0 Å². The van der Waals surface area contributed by atoms with Gasteiger partial charge in [-0.15, -0.1) is 0 Å². The van der Waals surface area contributed by atoms with Gasteiger partial charge in [-0.1, -0.05) is 12.1 Å². The third-order valence-corrected chi connectivity index (χ3v) is 2.67. The van der Waals surface area contributed by atoms with Crippen molar-refractivity contribution in [2.75, 3.05) is 19.8 Å². The second kappa shape index (κ2) is 6.97. The normalized spacial score (nSPS) is 11.0. The Morgan fingerprint density at radius 1 is 1.25 bits per heavy atom. The molecule has 0 saturated heterocycles. The van der Waals surface area contributed by atoms with Crippen molar-refractivity contribution in [2.45, 2.75) is 12.5 Å². The van der Waals surface area contributed by atoms with Crippen LogP contribution in [0.25, 0.3) is 0 Å². The molecule has 7 heteroatoms. The first-order chi connectivity index (χ1) is 9.41. The minimum Gasteiger partial charge on any atom is -0.394 e. The maximum atomic E-state index is 13.3. The molecule has 0 fully saturated rings. The van der Waals surface area contributed by atoms with Crippen molar-refractivity contribution in [1.82, 2.24) is 10.6 Å². The predicted molar refractivity (Wildman–Crippen MR) is 69.5 cm³/mol. The highest BCUT2D eigenvalue weighted by Gasteiger charge is 2.24. The highest BCUT2D eigenvalue weighted by Crippen LogP contribution is 2.05. The maximum Gasteiger partial charge on any atom is 0.254 e. The van der Waals surface area contributed by atoms with E-state index >= 15 is 0 Å². The van der Waals surface area contributed by atoms with E-state index < -0.39 is 36.4 Å². The fourth-order valence-corrected chi connectivity index (χ4v) is 1.41. The molecule has 0 heterocycles. The van der Waals surface area contributed by atoms with Gasteiger partial charge in [0.25, 0.3) is 5.91 Å². The molecule has 6 nitrogen and oxygen atoms in total. The largest absolute Gasteiger partial charge is 0.394 e. The van der Waals surface area contributed by atoms with Crippen LogP contribution in [0.3, 0.4) is 0 Å². The van der Waals surface area contributed by atoms with E-state index in [0.29, 0.717) is 0 Å². The molecule has 0 bridgehead atoms. The van der Waals surface area contributed by atoms with Gasteiger partial charge in [-0.05, 0) is 19.1 Å². The fourth-order valence-electron chi connectivity index (χ4n) is 1.41. The maximum absolute atomic E-state index is 13.3. The van der Waals surface area contributed by atoms with Crippen LogP contribution in [0.15, 0.2) is 24.3 Å². The van der Waals surface area contributed by atoms with E-state index in [4.69, 9.17) is 10.2 Å². The molecule has 2 amide bonds. The molecule has 0 aromatic heterocycles. The van der Waals surface area contributed by atoms with Crippen molar-refractivity contribution in [3.8, 4) is 0 Å². The van der Waals surface area contributed by atoms with Gasteiger partial charge in [0.2, 0.25) is 5.91 Å². The van der Waals surface area contributed by atoms with Gasteiger partial charge in [-0.25, -0.2) is 4.39 Å². The Morgan fingerprint density at radius 2 is 1.85 bits per heavy atom. The van der Waals surface area contributed by atoms with Crippen molar-refractivity contribution in [1.29, 1.82) is 0 Å². The molecule has 0 aliphatic heterocycles. The number of benzene rings is 1. The minimum absolute atomic E-state index is 0.160. The lowest BCUT2D eigenvalue weighted by atomic mass is 10.1. The molecule has 0 aliphatic rings. The zero-order valence-electron chi connectivity index (χ0n) is 11.0. The van der Waals surface area contributed by atoms with Crippen LogP contribution in [0.4, 0.5) is 4.39 Å². The monoisotopic (exact) mass is 284 g/mol. The Labute approximate surface area is 115 Å². The van der Waals surface area contributed by atoms with Gasteiger partial charge in [-0.2, -0.15) is 0 Å². The third-order valence-electron chi connectivity index (χ3n) is 2.67. The first kappa shape index (κ1) is 16.1. The summed E-state index contributed by atoms with van der Waals surface area (Å²) in [4.78, 5) is 23.2. The Balaban J connectivity index is 2.54. The van der Waals surface area contributed by atoms with Gasteiger partial charge in [0, 0.05) is 0 Å². The van der Waals surface area contributed by atoms with Crippen LogP contribution in [-0.2, 0) is 4.79 Å². The van der Waals surface area contributed by atoms with Gasteiger partial charge in [0.15, 0.2) is 0 Å². The number of amides is 2. The van der Waals surface area contributed by atoms with Crippen LogP contribution in [0.2, 0.25) is 0 Å². The molecule has 110 valence electrons. The number of hydrogen-bond donors (Lipinski definition) is 4. The molecule has 1 aromatic carbocycles.